The molecule has 18 heavy (non-hydrogen) atoms. The number of aliphatic carboxylic acids is 1. The minimum atomic E-state index is -5.19. The maximum atomic E-state index is 10.5. The van der Waals surface area contributed by atoms with Crippen LogP contribution in [0.4, 0.5) is 13.2 Å². The molecule has 0 fully saturated rings. The number of carboxylic acid groups (broad SMARTS) is 1. The van der Waals surface area contributed by atoms with Gasteiger partial charge < -0.3 is 14.8 Å². The highest BCUT2D eigenvalue weighted by molar-refractivity contribution is 5.70. The Bertz CT molecular complexity index is 280. The second-order valence-corrected chi connectivity index (χ2v) is 3.93. The van der Waals surface area contributed by atoms with E-state index in [1.807, 2.05) is 0 Å². The van der Waals surface area contributed by atoms with Crippen molar-refractivity contribution in [1.82, 2.24) is 4.90 Å². The van der Waals surface area contributed by atoms with Crippen molar-refractivity contribution >= 4 is 5.97 Å². The lowest BCUT2D eigenvalue weighted by Crippen LogP contribution is -3.07. The number of carbonyl (C=O) groups is 1. The number of halogens is 3. The van der Waals surface area contributed by atoms with Crippen LogP contribution in [0.1, 0.15) is 26.7 Å². The van der Waals surface area contributed by atoms with Gasteiger partial charge in [-0.25, -0.2) is 0 Å². The fraction of sp³-hybridized carbons (Fsp3) is 0.727. The minimum Gasteiger partial charge on any atom is -0.542 e. The molecule has 4 nitrogen and oxygen atoms in total. The first-order valence-electron chi connectivity index (χ1n) is 5.86. The van der Waals surface area contributed by atoms with E-state index < -0.39 is 12.1 Å². The predicted octanol–water partition coefficient (Wildman–Crippen LogP) is -0.266. The highest BCUT2D eigenvalue weighted by Gasteiger charge is 2.28. The minimum absolute atomic E-state index is 1.14. The van der Waals surface area contributed by atoms with Crippen LogP contribution < -0.4 is 10.0 Å². The lowest BCUT2D eigenvalue weighted by Gasteiger charge is -2.14. The molecule has 0 aromatic carbocycles. The molecule has 1 atom stereocenters. The summed E-state index contributed by atoms with van der Waals surface area (Å²) in [6, 6.07) is 0. The second-order valence-electron chi connectivity index (χ2n) is 3.93. The summed E-state index contributed by atoms with van der Waals surface area (Å²) in [5, 5.41) is 8.78. The van der Waals surface area contributed by atoms with Crippen LogP contribution >= 0.6 is 0 Å². The largest absolute Gasteiger partial charge is 0.542 e. The van der Waals surface area contributed by atoms with Gasteiger partial charge in [-0.15, -0.1) is 0 Å². The van der Waals surface area contributed by atoms with Crippen molar-refractivity contribution in [2.45, 2.75) is 32.9 Å². The fourth-order valence-corrected chi connectivity index (χ4v) is 1.36. The summed E-state index contributed by atoms with van der Waals surface area (Å²) in [7, 11) is 0. The van der Waals surface area contributed by atoms with Crippen molar-refractivity contribution in [3.63, 3.8) is 0 Å². The van der Waals surface area contributed by atoms with E-state index in [0.717, 1.165) is 6.54 Å². The predicted molar refractivity (Wildman–Crippen MR) is 58.2 cm³/mol. The molecular weight excluding hydrogens is 249 g/mol. The first kappa shape index (κ1) is 16.8. The van der Waals surface area contributed by atoms with Gasteiger partial charge in [0.2, 0.25) is 0 Å². The van der Waals surface area contributed by atoms with Crippen molar-refractivity contribution in [2.24, 2.45) is 0 Å². The molecule has 0 spiro atoms. The average Bonchev–Trinajstić information content (AvgIpc) is 2.73. The summed E-state index contributed by atoms with van der Waals surface area (Å²) in [5.41, 5.74) is 0. The Morgan fingerprint density at radius 3 is 2.33 bits per heavy atom. The Morgan fingerprint density at radius 1 is 1.44 bits per heavy atom. The van der Waals surface area contributed by atoms with E-state index >= 15 is 0 Å². The van der Waals surface area contributed by atoms with Crippen LogP contribution in [0.3, 0.4) is 0 Å². The third-order valence-corrected chi connectivity index (χ3v) is 2.42. The van der Waals surface area contributed by atoms with Crippen LogP contribution in [0, 0.1) is 0 Å². The Balaban J connectivity index is 0.000000360. The van der Waals surface area contributed by atoms with Gasteiger partial charge in [0, 0.05) is 6.54 Å². The highest BCUT2D eigenvalue weighted by atomic mass is 19.4. The molecular formula is C11H19F3N2O2. The first-order chi connectivity index (χ1) is 8.31. The molecule has 0 saturated carbocycles. The van der Waals surface area contributed by atoms with Crippen LogP contribution in [0.15, 0.2) is 12.4 Å². The van der Waals surface area contributed by atoms with Gasteiger partial charge in [-0.3, -0.25) is 4.90 Å². The number of carboxylic acids is 1. The van der Waals surface area contributed by atoms with Crippen LogP contribution in [-0.4, -0.2) is 36.8 Å². The van der Waals surface area contributed by atoms with Crippen molar-refractivity contribution < 1.29 is 28.0 Å². The molecule has 1 unspecified atom stereocenters. The van der Waals surface area contributed by atoms with E-state index in [1.165, 1.54) is 26.1 Å². The summed E-state index contributed by atoms with van der Waals surface area (Å²) in [6.07, 6.45) is 1.95. The molecule has 1 aliphatic heterocycles. The number of nitrogens with zero attached hydrogens (tertiary/aromatic N) is 1. The van der Waals surface area contributed by atoms with Crippen LogP contribution in [0.25, 0.3) is 0 Å². The molecule has 1 heterocycles. The molecule has 0 aromatic rings. The molecule has 0 amide bonds. The second kappa shape index (κ2) is 7.97. The molecule has 0 saturated heterocycles. The first-order valence-corrected chi connectivity index (χ1v) is 5.86. The van der Waals surface area contributed by atoms with Gasteiger partial charge in [-0.05, 0) is 13.3 Å². The monoisotopic (exact) mass is 268 g/mol. The summed E-state index contributed by atoms with van der Waals surface area (Å²) in [6.45, 7) is 8.07. The van der Waals surface area contributed by atoms with Gasteiger partial charge in [-0.2, -0.15) is 13.2 Å². The number of unbranched alkanes of at least 4 members (excludes halogenated alkanes) is 1. The van der Waals surface area contributed by atoms with Crippen LogP contribution in [0.2, 0.25) is 0 Å². The molecule has 0 radical (unpaired) electrons. The molecule has 1 aliphatic rings. The lowest BCUT2D eigenvalue weighted by atomic mass is 10.3. The van der Waals surface area contributed by atoms with E-state index in [0.29, 0.717) is 0 Å². The maximum absolute atomic E-state index is 10.5. The average molecular weight is 268 g/mol. The smallest absolute Gasteiger partial charge is 0.430 e. The number of hydrogen-bond acceptors (Lipinski definition) is 3. The SMILES string of the molecule is CCCC[NH+]1C=CN(CC)C1.O=C([O-])C(F)(F)F. The summed E-state index contributed by atoms with van der Waals surface area (Å²) in [5.74, 6) is -3.01. The highest BCUT2D eigenvalue weighted by Crippen LogP contribution is 2.11. The number of hydrogen-bond donors (Lipinski definition) is 1. The summed E-state index contributed by atoms with van der Waals surface area (Å²) in [4.78, 5) is 12.7. The van der Waals surface area contributed by atoms with E-state index in [2.05, 4.69) is 31.1 Å². The zero-order valence-electron chi connectivity index (χ0n) is 10.6. The molecule has 1 rings (SSSR count). The molecule has 0 aliphatic carbocycles. The Morgan fingerprint density at radius 2 is 2.00 bits per heavy atom. The van der Waals surface area contributed by atoms with Crippen molar-refractivity contribution in [2.75, 3.05) is 19.8 Å². The van der Waals surface area contributed by atoms with Gasteiger partial charge in [0.15, 0.2) is 6.67 Å². The van der Waals surface area contributed by atoms with E-state index in [-0.39, 0.29) is 0 Å². The summed E-state index contributed by atoms with van der Waals surface area (Å²) >= 11 is 0. The van der Waals surface area contributed by atoms with Crippen molar-refractivity contribution in [3.8, 4) is 0 Å². The normalized spacial score (nSPS) is 18.5. The maximum Gasteiger partial charge on any atom is 0.430 e. The number of nitrogens with one attached hydrogen (secondary N) is 1. The van der Waals surface area contributed by atoms with Gasteiger partial charge in [0.05, 0.1) is 12.7 Å². The Kier molecular flexibility index (Phi) is 7.42. The zero-order valence-corrected chi connectivity index (χ0v) is 10.6. The van der Waals surface area contributed by atoms with Crippen molar-refractivity contribution in [1.29, 1.82) is 0 Å². The van der Waals surface area contributed by atoms with E-state index in [9.17, 15) is 13.2 Å². The molecule has 0 aromatic heterocycles. The van der Waals surface area contributed by atoms with Crippen LogP contribution in [-0.2, 0) is 4.79 Å². The van der Waals surface area contributed by atoms with Crippen molar-refractivity contribution in [3.05, 3.63) is 12.4 Å². The zero-order chi connectivity index (χ0) is 14.2. The molecule has 106 valence electrons. The standard InChI is InChI=1S/C9H18N2.C2HF3O2/c1-3-5-6-11-8-7-10(4-2)9-11;3-2(4,5)1(6)7/h7-8H,3-6,9H2,1-2H3;(H,6,7). The fourth-order valence-electron chi connectivity index (χ4n) is 1.36. The van der Waals surface area contributed by atoms with E-state index in [4.69, 9.17) is 9.90 Å². The summed E-state index contributed by atoms with van der Waals surface area (Å²) < 4.78 is 31.5. The van der Waals surface area contributed by atoms with E-state index in [1.54, 1.807) is 4.90 Å². The topological polar surface area (TPSA) is 47.8 Å². The number of rotatable bonds is 4. The third kappa shape index (κ3) is 7.16. The lowest BCUT2D eigenvalue weighted by molar-refractivity contribution is -0.849. The Hall–Kier alpha value is -1.24. The quantitative estimate of drug-likeness (QED) is 0.764. The van der Waals surface area contributed by atoms with Gasteiger partial charge >= 0.3 is 6.18 Å². The molecule has 0 bridgehead atoms. The number of carbonyl (C=O) groups excluding carboxylic acids is 1. The molecule has 7 heteroatoms. The Labute approximate surface area is 105 Å². The number of alkyl halides is 3. The number of quaternary nitrogens is 1. The van der Waals surface area contributed by atoms with Gasteiger partial charge in [-0.1, -0.05) is 13.3 Å². The third-order valence-electron chi connectivity index (χ3n) is 2.42. The van der Waals surface area contributed by atoms with Gasteiger partial charge in [0.1, 0.15) is 12.2 Å². The van der Waals surface area contributed by atoms with Crippen LogP contribution in [0.5, 0.6) is 0 Å². The molecule has 1 N–H and O–H groups in total. The van der Waals surface area contributed by atoms with Gasteiger partial charge in [0.25, 0.3) is 0 Å².